The molecule has 3 aromatic rings. The van der Waals surface area contributed by atoms with Crippen molar-refractivity contribution in [3.63, 3.8) is 0 Å². The van der Waals surface area contributed by atoms with Crippen molar-refractivity contribution in [1.29, 1.82) is 0 Å². The molecule has 4 rings (SSSR count). The monoisotopic (exact) mass is 454 g/mol. The summed E-state index contributed by atoms with van der Waals surface area (Å²) in [4.78, 5) is 30.8. The van der Waals surface area contributed by atoms with Crippen LogP contribution in [-0.4, -0.2) is 30.4 Å². The highest BCUT2D eigenvalue weighted by Crippen LogP contribution is 2.37. The van der Waals surface area contributed by atoms with Crippen molar-refractivity contribution in [3.8, 4) is 5.75 Å². The molecule has 0 spiro atoms. The lowest BCUT2D eigenvalue weighted by atomic mass is 10.0. The van der Waals surface area contributed by atoms with Crippen LogP contribution in [0.15, 0.2) is 78.5 Å². The Morgan fingerprint density at radius 3 is 2.26 bits per heavy atom. The summed E-state index contributed by atoms with van der Waals surface area (Å²) in [6.45, 7) is 7.07. The van der Waals surface area contributed by atoms with Gasteiger partial charge in [0.15, 0.2) is 0 Å². The van der Waals surface area contributed by atoms with Gasteiger partial charge in [-0.2, -0.15) is 0 Å². The Morgan fingerprint density at radius 1 is 0.882 bits per heavy atom. The van der Waals surface area contributed by atoms with Gasteiger partial charge in [0.25, 0.3) is 11.8 Å². The maximum Gasteiger partial charge on any atom is 0.282 e. The number of nitrogens with zero attached hydrogens (tertiary/aromatic N) is 2. The summed E-state index contributed by atoms with van der Waals surface area (Å²) in [6, 6.07) is 23.2. The zero-order chi connectivity index (χ0) is 24.2. The van der Waals surface area contributed by atoms with Crippen LogP contribution in [0.3, 0.4) is 0 Å². The summed E-state index contributed by atoms with van der Waals surface area (Å²) < 4.78 is 5.70. The first-order valence-corrected chi connectivity index (χ1v) is 11.6. The van der Waals surface area contributed by atoms with Crippen molar-refractivity contribution >= 4 is 23.1 Å². The molecule has 2 amide bonds. The smallest absolute Gasteiger partial charge is 0.282 e. The van der Waals surface area contributed by atoms with Gasteiger partial charge in [0.05, 0.1) is 17.9 Å². The quantitative estimate of drug-likeness (QED) is 0.421. The first-order valence-electron chi connectivity index (χ1n) is 11.6. The number of hydrogen-bond acceptors (Lipinski definition) is 4. The molecule has 34 heavy (non-hydrogen) atoms. The molecule has 5 nitrogen and oxygen atoms in total. The topological polar surface area (TPSA) is 49.9 Å². The van der Waals surface area contributed by atoms with Crippen LogP contribution < -0.4 is 9.64 Å². The van der Waals surface area contributed by atoms with Gasteiger partial charge in [0.1, 0.15) is 11.4 Å². The number of amides is 2. The van der Waals surface area contributed by atoms with Gasteiger partial charge in [-0.15, -0.1) is 0 Å². The summed E-state index contributed by atoms with van der Waals surface area (Å²) in [5, 5.41) is 0. The van der Waals surface area contributed by atoms with Crippen LogP contribution in [0, 0.1) is 13.8 Å². The molecule has 5 heteroatoms. The number of imide groups is 1. The van der Waals surface area contributed by atoms with Crippen molar-refractivity contribution in [2.24, 2.45) is 0 Å². The lowest BCUT2D eigenvalue weighted by Crippen LogP contribution is -2.34. The van der Waals surface area contributed by atoms with E-state index >= 15 is 0 Å². The van der Waals surface area contributed by atoms with Crippen molar-refractivity contribution in [3.05, 3.63) is 101 Å². The van der Waals surface area contributed by atoms with E-state index in [4.69, 9.17) is 4.74 Å². The van der Waals surface area contributed by atoms with Gasteiger partial charge >= 0.3 is 0 Å². The van der Waals surface area contributed by atoms with E-state index in [0.29, 0.717) is 35.7 Å². The molecule has 1 aliphatic heterocycles. The second-order valence-corrected chi connectivity index (χ2v) is 8.67. The maximum absolute atomic E-state index is 13.8. The molecule has 0 bridgehead atoms. The van der Waals surface area contributed by atoms with Crippen LogP contribution in [0.5, 0.6) is 5.75 Å². The normalized spacial score (nSPS) is 13.6. The van der Waals surface area contributed by atoms with E-state index in [2.05, 4.69) is 6.92 Å². The lowest BCUT2D eigenvalue weighted by molar-refractivity contribution is -0.120. The Morgan fingerprint density at radius 2 is 1.59 bits per heavy atom. The predicted octanol–water partition coefficient (Wildman–Crippen LogP) is 5.51. The van der Waals surface area contributed by atoms with E-state index in [0.717, 1.165) is 28.9 Å². The van der Waals surface area contributed by atoms with E-state index in [1.54, 1.807) is 0 Å². The fourth-order valence-electron chi connectivity index (χ4n) is 4.19. The molecule has 0 saturated carbocycles. The van der Waals surface area contributed by atoms with Crippen LogP contribution in [0.25, 0.3) is 5.57 Å². The summed E-state index contributed by atoms with van der Waals surface area (Å²) in [5.41, 5.74) is 5.06. The van der Waals surface area contributed by atoms with Crippen LogP contribution in [-0.2, 0) is 16.1 Å². The molecule has 0 radical (unpaired) electrons. The fourth-order valence-corrected chi connectivity index (χ4v) is 4.19. The highest BCUT2D eigenvalue weighted by Gasteiger charge is 2.42. The minimum Gasteiger partial charge on any atom is -0.494 e. The average molecular weight is 455 g/mol. The standard InChI is InChI=1S/C29H30N2O3/c1-5-17-34-24-15-13-23(14-16-24)26-27(30(4)19-22-9-7-6-8-10-22)29(33)31(28(26)32)25-18-20(2)11-12-21(25)3/h6-16,18H,5,17,19H2,1-4H3. The zero-order valence-corrected chi connectivity index (χ0v) is 20.2. The third-order valence-corrected chi connectivity index (χ3v) is 5.93. The van der Waals surface area contributed by atoms with Gasteiger partial charge in [-0.3, -0.25) is 9.59 Å². The van der Waals surface area contributed by atoms with Gasteiger partial charge in [-0.05, 0) is 60.7 Å². The Balaban J connectivity index is 1.78. The molecule has 3 aromatic carbocycles. The lowest BCUT2D eigenvalue weighted by Gasteiger charge is -2.22. The van der Waals surface area contributed by atoms with Crippen LogP contribution in [0.4, 0.5) is 5.69 Å². The van der Waals surface area contributed by atoms with Crippen molar-refractivity contribution < 1.29 is 14.3 Å². The first-order chi connectivity index (χ1) is 16.4. The molecular weight excluding hydrogens is 424 g/mol. The van der Waals surface area contributed by atoms with Crippen LogP contribution >= 0.6 is 0 Å². The summed E-state index contributed by atoms with van der Waals surface area (Å²) in [6.07, 6.45) is 0.916. The third kappa shape index (κ3) is 4.60. The van der Waals surface area contributed by atoms with E-state index in [1.807, 2.05) is 98.6 Å². The number of rotatable bonds is 8. The Hall–Kier alpha value is -3.86. The van der Waals surface area contributed by atoms with E-state index < -0.39 is 0 Å². The molecule has 0 N–H and O–H groups in total. The maximum atomic E-state index is 13.8. The van der Waals surface area contributed by atoms with Crippen molar-refractivity contribution in [1.82, 2.24) is 4.90 Å². The number of hydrogen-bond donors (Lipinski definition) is 0. The number of likely N-dealkylation sites (N-methyl/N-ethyl adjacent to an activating group) is 1. The van der Waals surface area contributed by atoms with E-state index in [1.165, 1.54) is 4.90 Å². The Bertz CT molecular complexity index is 1230. The van der Waals surface area contributed by atoms with Gasteiger partial charge in [-0.25, -0.2) is 4.90 Å². The molecule has 0 atom stereocenters. The van der Waals surface area contributed by atoms with E-state index in [9.17, 15) is 9.59 Å². The molecule has 0 saturated heterocycles. The number of benzene rings is 3. The van der Waals surface area contributed by atoms with Crippen LogP contribution in [0.1, 0.15) is 35.6 Å². The SMILES string of the molecule is CCCOc1ccc(C2=C(N(C)Cc3ccccc3)C(=O)N(c3cc(C)ccc3C)C2=O)cc1. The molecule has 0 unspecified atom stereocenters. The largest absolute Gasteiger partial charge is 0.494 e. The molecule has 0 aliphatic carbocycles. The summed E-state index contributed by atoms with van der Waals surface area (Å²) in [7, 11) is 1.86. The van der Waals surface area contributed by atoms with Crippen molar-refractivity contribution in [2.45, 2.75) is 33.7 Å². The minimum absolute atomic E-state index is 0.307. The highest BCUT2D eigenvalue weighted by atomic mass is 16.5. The number of aryl methyl sites for hydroxylation is 2. The third-order valence-electron chi connectivity index (χ3n) is 5.93. The van der Waals surface area contributed by atoms with Gasteiger partial charge in [0, 0.05) is 13.6 Å². The van der Waals surface area contributed by atoms with Crippen LogP contribution in [0.2, 0.25) is 0 Å². The van der Waals surface area contributed by atoms with Gasteiger partial charge in [-0.1, -0.05) is 61.5 Å². The average Bonchev–Trinajstić information content (AvgIpc) is 3.10. The second kappa shape index (κ2) is 9.96. The Kier molecular flexibility index (Phi) is 6.82. The fraction of sp³-hybridized carbons (Fsp3) is 0.241. The Labute approximate surface area is 201 Å². The molecule has 0 fully saturated rings. The van der Waals surface area contributed by atoms with Gasteiger partial charge in [0.2, 0.25) is 0 Å². The van der Waals surface area contributed by atoms with Gasteiger partial charge < -0.3 is 9.64 Å². The molecule has 0 aromatic heterocycles. The summed E-state index contributed by atoms with van der Waals surface area (Å²) >= 11 is 0. The number of carbonyl (C=O) groups excluding carboxylic acids is 2. The van der Waals surface area contributed by atoms with Crippen molar-refractivity contribution in [2.75, 3.05) is 18.6 Å². The number of anilines is 1. The zero-order valence-electron chi connectivity index (χ0n) is 20.2. The predicted molar refractivity (Wildman–Crippen MR) is 135 cm³/mol. The highest BCUT2D eigenvalue weighted by molar-refractivity contribution is 6.45. The number of carbonyl (C=O) groups is 2. The molecular formula is C29H30N2O3. The summed E-state index contributed by atoms with van der Waals surface area (Å²) in [5.74, 6) is 0.128. The molecule has 1 aliphatic rings. The molecule has 1 heterocycles. The first kappa shape index (κ1) is 23.3. The second-order valence-electron chi connectivity index (χ2n) is 8.67. The minimum atomic E-state index is -0.309. The number of ether oxygens (including phenoxy) is 1. The molecule has 174 valence electrons. The van der Waals surface area contributed by atoms with E-state index in [-0.39, 0.29) is 11.8 Å².